The van der Waals surface area contributed by atoms with E-state index in [1.54, 1.807) is 0 Å². The number of hydrogen-bond donors (Lipinski definition) is 2. The van der Waals surface area contributed by atoms with E-state index < -0.39 is 5.97 Å². The smallest absolute Gasteiger partial charge is 0.322 e. The Balaban J connectivity index is 4.31. The number of rotatable bonds is 27. The lowest BCUT2D eigenvalue weighted by atomic mass is 10.1. The van der Waals surface area contributed by atoms with Crippen LogP contribution in [0.1, 0.15) is 136 Å². The van der Waals surface area contributed by atoms with Gasteiger partial charge in [-0.15, -0.1) is 0 Å². The fourth-order valence-electron chi connectivity index (χ4n) is 4.13. The van der Waals surface area contributed by atoms with Gasteiger partial charge in [0.1, 0.15) is 12.6 Å². The van der Waals surface area contributed by atoms with Crippen LogP contribution in [0.5, 0.6) is 0 Å². The van der Waals surface area contributed by atoms with Gasteiger partial charge >= 0.3 is 11.9 Å². The molecular weight excluding hydrogens is 502 g/mol. The van der Waals surface area contributed by atoms with Gasteiger partial charge < -0.3 is 15.2 Å². The normalized spacial score (nSPS) is 12.7. The lowest BCUT2D eigenvalue weighted by Crippen LogP contribution is -2.28. The number of ether oxygens (including phenoxy) is 1. The molecule has 0 aromatic rings. The first kappa shape index (κ1) is 37.4. The monoisotopic (exact) mass is 559 g/mol. The van der Waals surface area contributed by atoms with Gasteiger partial charge in [-0.3, -0.25) is 14.4 Å². The molecule has 40 heavy (non-hydrogen) atoms. The van der Waals surface area contributed by atoms with Gasteiger partial charge in [0, 0.05) is 12.8 Å². The van der Waals surface area contributed by atoms with Crippen LogP contribution in [0, 0.1) is 0 Å². The Hall–Kier alpha value is -2.63. The van der Waals surface area contributed by atoms with E-state index >= 15 is 0 Å². The summed E-state index contributed by atoms with van der Waals surface area (Å²) >= 11 is 0. The highest BCUT2D eigenvalue weighted by Gasteiger charge is 2.11. The molecule has 0 heterocycles. The molecule has 1 atom stereocenters. The van der Waals surface area contributed by atoms with Gasteiger partial charge in [0.15, 0.2) is 0 Å². The number of nitrogens with one attached hydrogen (secondary N) is 1. The average molecular weight is 560 g/mol. The molecular formula is C34H57NO5. The van der Waals surface area contributed by atoms with Crippen LogP contribution < -0.4 is 5.32 Å². The number of unbranched alkanes of at least 4 members (excludes halogenated alkanes) is 10. The lowest BCUT2D eigenvalue weighted by Gasteiger charge is -2.14. The van der Waals surface area contributed by atoms with Crippen molar-refractivity contribution in [2.75, 3.05) is 6.54 Å². The summed E-state index contributed by atoms with van der Waals surface area (Å²) in [5, 5.41) is 11.0. The average Bonchev–Trinajstić information content (AvgIpc) is 2.93. The van der Waals surface area contributed by atoms with Crippen molar-refractivity contribution in [3.05, 3.63) is 48.6 Å². The number of amides is 1. The van der Waals surface area contributed by atoms with E-state index in [0.717, 1.165) is 77.0 Å². The standard InChI is InChI=1S/C34H57NO5/c1-3-5-7-9-11-13-14-15-17-19-25-29-34(39)40-31(26-22-18-16-12-10-8-6-4-2)27-23-20-21-24-28-32(36)35-30-33(37)38/h6,8-9,11-12,16,22,26,31H,3-5,7,10,13-15,17-21,23-25,27-30H2,1-2H3,(H,35,36)(H,37,38)/b8-6-,11-9-,16-12-,26-22-. The van der Waals surface area contributed by atoms with Crippen LogP contribution in [0.3, 0.4) is 0 Å². The number of carbonyl (C=O) groups is 3. The molecule has 0 aromatic heterocycles. The number of carbonyl (C=O) groups excluding carboxylic acids is 2. The minimum absolute atomic E-state index is 0.121. The van der Waals surface area contributed by atoms with E-state index in [1.807, 2.05) is 6.08 Å². The molecule has 0 radical (unpaired) electrons. The fourth-order valence-corrected chi connectivity index (χ4v) is 4.13. The molecule has 0 aliphatic carbocycles. The molecule has 2 N–H and O–H groups in total. The zero-order valence-electron chi connectivity index (χ0n) is 25.4. The van der Waals surface area contributed by atoms with Crippen LogP contribution in [-0.4, -0.2) is 35.6 Å². The number of hydrogen-bond acceptors (Lipinski definition) is 4. The van der Waals surface area contributed by atoms with Crippen LogP contribution in [-0.2, 0) is 19.1 Å². The summed E-state index contributed by atoms with van der Waals surface area (Å²) in [6.07, 6.45) is 35.3. The van der Waals surface area contributed by atoms with E-state index in [-0.39, 0.29) is 24.5 Å². The van der Waals surface area contributed by atoms with Crippen LogP contribution in [0.15, 0.2) is 48.6 Å². The number of esters is 1. The Morgan fingerprint density at radius 3 is 2.00 bits per heavy atom. The summed E-state index contributed by atoms with van der Waals surface area (Å²) in [6.45, 7) is 4.01. The SMILES string of the molecule is CC/C=C\C/C=C\C/C=C\C(CCCCCCC(=O)NCC(=O)O)OC(=O)CCCCCCC/C=C\CCCC. The highest BCUT2D eigenvalue weighted by molar-refractivity contribution is 5.80. The highest BCUT2D eigenvalue weighted by Crippen LogP contribution is 2.14. The highest BCUT2D eigenvalue weighted by atomic mass is 16.5. The quantitative estimate of drug-likeness (QED) is 0.0596. The summed E-state index contributed by atoms with van der Waals surface area (Å²) in [6, 6.07) is 0. The molecule has 6 nitrogen and oxygen atoms in total. The van der Waals surface area contributed by atoms with Crippen molar-refractivity contribution in [2.45, 2.75) is 142 Å². The topological polar surface area (TPSA) is 92.7 Å². The van der Waals surface area contributed by atoms with Crippen molar-refractivity contribution >= 4 is 17.8 Å². The molecule has 228 valence electrons. The minimum Gasteiger partial charge on any atom is -0.480 e. The third-order valence-corrected chi connectivity index (χ3v) is 6.47. The molecule has 0 saturated heterocycles. The van der Waals surface area contributed by atoms with Crippen LogP contribution in [0.2, 0.25) is 0 Å². The van der Waals surface area contributed by atoms with Crippen LogP contribution >= 0.6 is 0 Å². The molecule has 0 aromatic carbocycles. The van der Waals surface area contributed by atoms with Crippen molar-refractivity contribution in [3.63, 3.8) is 0 Å². The van der Waals surface area contributed by atoms with Gasteiger partial charge in [-0.25, -0.2) is 0 Å². The van der Waals surface area contributed by atoms with Gasteiger partial charge in [0.25, 0.3) is 0 Å². The van der Waals surface area contributed by atoms with E-state index in [4.69, 9.17) is 9.84 Å². The summed E-state index contributed by atoms with van der Waals surface area (Å²) in [4.78, 5) is 34.6. The van der Waals surface area contributed by atoms with E-state index in [9.17, 15) is 14.4 Å². The number of allylic oxidation sites excluding steroid dienone is 7. The maximum absolute atomic E-state index is 12.5. The van der Waals surface area contributed by atoms with Gasteiger partial charge in [0.05, 0.1) is 0 Å². The van der Waals surface area contributed by atoms with Crippen molar-refractivity contribution < 1.29 is 24.2 Å². The van der Waals surface area contributed by atoms with Crippen molar-refractivity contribution in [3.8, 4) is 0 Å². The fraction of sp³-hybridized carbons (Fsp3) is 0.676. The summed E-state index contributed by atoms with van der Waals surface area (Å²) in [5.41, 5.74) is 0. The lowest BCUT2D eigenvalue weighted by molar-refractivity contribution is -0.147. The Labute approximate surface area is 244 Å². The third kappa shape index (κ3) is 28.4. The summed E-state index contributed by atoms with van der Waals surface area (Å²) < 4.78 is 5.81. The zero-order valence-corrected chi connectivity index (χ0v) is 25.4. The van der Waals surface area contributed by atoms with Gasteiger partial charge in [0.2, 0.25) is 5.91 Å². The Morgan fingerprint density at radius 2 is 1.30 bits per heavy atom. The molecule has 0 spiro atoms. The molecule has 0 saturated carbocycles. The van der Waals surface area contributed by atoms with E-state index in [2.05, 4.69) is 61.7 Å². The van der Waals surface area contributed by atoms with Gasteiger partial charge in [-0.05, 0) is 70.3 Å². The summed E-state index contributed by atoms with van der Waals surface area (Å²) in [7, 11) is 0. The summed E-state index contributed by atoms with van der Waals surface area (Å²) in [5.74, 6) is -1.38. The first-order valence-electron chi connectivity index (χ1n) is 15.8. The number of aliphatic carboxylic acids is 1. The molecule has 0 rings (SSSR count). The second-order valence-corrected chi connectivity index (χ2v) is 10.3. The van der Waals surface area contributed by atoms with Gasteiger partial charge in [-0.2, -0.15) is 0 Å². The molecule has 0 aliphatic rings. The maximum atomic E-state index is 12.5. The van der Waals surface area contributed by atoms with Crippen LogP contribution in [0.4, 0.5) is 0 Å². The zero-order chi connectivity index (χ0) is 29.5. The molecule has 6 heteroatoms. The molecule has 1 unspecified atom stereocenters. The van der Waals surface area contributed by atoms with Crippen molar-refractivity contribution in [2.24, 2.45) is 0 Å². The van der Waals surface area contributed by atoms with Crippen molar-refractivity contribution in [1.29, 1.82) is 0 Å². The number of carboxylic acid groups (broad SMARTS) is 1. The maximum Gasteiger partial charge on any atom is 0.322 e. The predicted molar refractivity (Wildman–Crippen MR) is 166 cm³/mol. The Bertz CT molecular complexity index is 753. The van der Waals surface area contributed by atoms with Crippen LogP contribution in [0.25, 0.3) is 0 Å². The Kier molecular flexibility index (Phi) is 27.4. The molecule has 0 fully saturated rings. The minimum atomic E-state index is -1.04. The second kappa shape index (κ2) is 29.4. The Morgan fingerprint density at radius 1 is 0.700 bits per heavy atom. The largest absolute Gasteiger partial charge is 0.480 e. The van der Waals surface area contributed by atoms with E-state index in [0.29, 0.717) is 12.8 Å². The molecule has 0 bridgehead atoms. The van der Waals surface area contributed by atoms with Gasteiger partial charge in [-0.1, -0.05) is 101 Å². The number of carboxylic acids is 1. The van der Waals surface area contributed by atoms with Crippen molar-refractivity contribution in [1.82, 2.24) is 5.32 Å². The van der Waals surface area contributed by atoms with E-state index in [1.165, 1.54) is 32.1 Å². The molecule has 0 aliphatic heterocycles. The second-order valence-electron chi connectivity index (χ2n) is 10.3. The molecule has 1 amide bonds. The predicted octanol–water partition coefficient (Wildman–Crippen LogP) is 8.78. The third-order valence-electron chi connectivity index (χ3n) is 6.47. The first-order chi connectivity index (χ1) is 19.5. The first-order valence-corrected chi connectivity index (χ1v) is 15.8.